The number of rotatable bonds is 9. The Balaban J connectivity index is 1.20. The van der Waals surface area contributed by atoms with Crippen LogP contribution in [-0.4, -0.2) is 29.7 Å². The molecule has 0 heterocycles. The maximum absolute atomic E-state index is 12.7. The highest BCUT2D eigenvalue weighted by molar-refractivity contribution is 5.93. The number of hydrogen-bond donors (Lipinski definition) is 2. The number of nitrogens with one attached hydrogen (secondary N) is 1. The van der Waals surface area contributed by atoms with Crippen LogP contribution in [0.5, 0.6) is 11.5 Å². The van der Waals surface area contributed by atoms with E-state index >= 15 is 0 Å². The van der Waals surface area contributed by atoms with Gasteiger partial charge >= 0.3 is 18.0 Å². The normalized spacial score (nSPS) is 16.7. The summed E-state index contributed by atoms with van der Waals surface area (Å²) in [5.41, 5.74) is 1.67. The van der Waals surface area contributed by atoms with E-state index in [2.05, 4.69) is 5.32 Å². The molecule has 38 heavy (non-hydrogen) atoms. The molecule has 3 aromatic carbocycles. The molecule has 0 bridgehead atoms. The molecule has 1 saturated carbocycles. The quantitative estimate of drug-likeness (QED) is 0.289. The first kappa shape index (κ1) is 26.7. The van der Waals surface area contributed by atoms with Gasteiger partial charge in [-0.05, 0) is 60.9 Å². The predicted molar refractivity (Wildman–Crippen MR) is 139 cm³/mol. The second-order valence-electron chi connectivity index (χ2n) is 9.32. The van der Waals surface area contributed by atoms with Crippen LogP contribution in [0, 0.1) is 11.8 Å². The highest BCUT2D eigenvalue weighted by Gasteiger charge is 2.28. The van der Waals surface area contributed by atoms with Crippen molar-refractivity contribution in [3.63, 3.8) is 0 Å². The molecule has 0 atom stereocenters. The lowest BCUT2D eigenvalue weighted by molar-refractivity contribution is -0.140. The summed E-state index contributed by atoms with van der Waals surface area (Å²) in [5, 5.41) is 12.9. The van der Waals surface area contributed by atoms with Crippen LogP contribution >= 0.6 is 0 Å². The number of hydrogen-bond acceptors (Lipinski definition) is 7. The zero-order valence-corrected chi connectivity index (χ0v) is 21.0. The summed E-state index contributed by atoms with van der Waals surface area (Å²) in [6.07, 6.45) is 2.35. The Morgan fingerprint density at radius 3 is 2.03 bits per heavy atom. The van der Waals surface area contributed by atoms with Crippen molar-refractivity contribution < 1.29 is 33.7 Å². The molecule has 4 rings (SSSR count). The number of esters is 2. The molecule has 1 aliphatic rings. The van der Waals surface area contributed by atoms with Gasteiger partial charge in [-0.25, -0.2) is 9.59 Å². The van der Waals surface area contributed by atoms with E-state index in [0.29, 0.717) is 19.4 Å². The van der Waals surface area contributed by atoms with Crippen molar-refractivity contribution in [2.45, 2.75) is 38.9 Å². The molecule has 1 amide bonds. The van der Waals surface area contributed by atoms with Gasteiger partial charge in [0.1, 0.15) is 30.3 Å². The van der Waals surface area contributed by atoms with Crippen LogP contribution in [0.15, 0.2) is 78.9 Å². The van der Waals surface area contributed by atoms with Crippen molar-refractivity contribution in [3.05, 3.63) is 95.6 Å². The summed E-state index contributed by atoms with van der Waals surface area (Å²) >= 11 is 0. The topological polar surface area (TPSA) is 111 Å². The summed E-state index contributed by atoms with van der Waals surface area (Å²) in [7, 11) is 0. The average Bonchev–Trinajstić information content (AvgIpc) is 2.96. The summed E-state index contributed by atoms with van der Waals surface area (Å²) < 4.78 is 16.0. The molecule has 1 aliphatic carbocycles. The lowest BCUT2D eigenvalue weighted by atomic mass is 9.82. The molecule has 8 nitrogen and oxygen atoms in total. The minimum atomic E-state index is -0.709. The lowest BCUT2D eigenvalue weighted by Gasteiger charge is -2.27. The third kappa shape index (κ3) is 7.83. The van der Waals surface area contributed by atoms with Gasteiger partial charge in [0.15, 0.2) is 0 Å². The summed E-state index contributed by atoms with van der Waals surface area (Å²) in [4.78, 5) is 37.2. The standard InChI is InChI=1S/C30H31NO7/c32-27-16-15-25(17-26(27)29(34)36-19-22-7-3-1-4-8-22)38-28(33)24-13-11-21(12-14-24)18-31-30(35)37-20-23-9-5-2-6-10-23/h1-10,15-17,21,24,32H,11-14,18-20H2,(H,31,35)/t21-,24-. The number of aromatic hydroxyl groups is 1. The van der Waals surface area contributed by atoms with Crippen LogP contribution in [0.1, 0.15) is 47.2 Å². The van der Waals surface area contributed by atoms with E-state index in [0.717, 1.165) is 24.0 Å². The van der Waals surface area contributed by atoms with Crippen molar-refractivity contribution >= 4 is 18.0 Å². The van der Waals surface area contributed by atoms with Gasteiger partial charge in [0.25, 0.3) is 0 Å². The molecular weight excluding hydrogens is 486 g/mol. The fourth-order valence-electron chi connectivity index (χ4n) is 4.35. The van der Waals surface area contributed by atoms with E-state index in [1.807, 2.05) is 60.7 Å². The minimum Gasteiger partial charge on any atom is -0.507 e. The fourth-order valence-corrected chi connectivity index (χ4v) is 4.35. The van der Waals surface area contributed by atoms with Gasteiger partial charge in [0.2, 0.25) is 0 Å². The molecule has 0 radical (unpaired) electrons. The van der Waals surface area contributed by atoms with Crippen molar-refractivity contribution in [2.24, 2.45) is 11.8 Å². The van der Waals surface area contributed by atoms with Gasteiger partial charge < -0.3 is 24.6 Å². The number of carbonyl (C=O) groups is 3. The molecule has 0 aromatic heterocycles. The number of amides is 1. The number of ether oxygens (including phenoxy) is 3. The van der Waals surface area contributed by atoms with Gasteiger partial charge in [-0.2, -0.15) is 0 Å². The van der Waals surface area contributed by atoms with Gasteiger partial charge in [-0.1, -0.05) is 60.7 Å². The Morgan fingerprint density at radius 1 is 0.789 bits per heavy atom. The van der Waals surface area contributed by atoms with Crippen LogP contribution in [0.3, 0.4) is 0 Å². The number of alkyl carbamates (subject to hydrolysis) is 1. The predicted octanol–water partition coefficient (Wildman–Crippen LogP) is 5.39. The van der Waals surface area contributed by atoms with E-state index in [9.17, 15) is 19.5 Å². The minimum absolute atomic E-state index is 0.0615. The first-order valence-electron chi connectivity index (χ1n) is 12.7. The third-order valence-electron chi connectivity index (χ3n) is 6.55. The highest BCUT2D eigenvalue weighted by Crippen LogP contribution is 2.31. The Hall–Kier alpha value is -4.33. The van der Waals surface area contributed by atoms with Crippen LogP contribution < -0.4 is 10.1 Å². The summed E-state index contributed by atoms with van der Waals surface area (Å²) in [6.45, 7) is 0.767. The molecule has 0 spiro atoms. The van der Waals surface area contributed by atoms with Crippen LogP contribution in [-0.2, 0) is 27.5 Å². The van der Waals surface area contributed by atoms with Crippen molar-refractivity contribution in [3.8, 4) is 11.5 Å². The molecule has 3 aromatic rings. The second kappa shape index (κ2) is 13.3. The number of phenolic OH excluding ortho intramolecular Hbond substituents is 1. The average molecular weight is 518 g/mol. The maximum atomic E-state index is 12.7. The second-order valence-corrected chi connectivity index (χ2v) is 9.32. The number of carbonyl (C=O) groups excluding carboxylic acids is 3. The Morgan fingerprint density at radius 2 is 1.39 bits per heavy atom. The Labute approximate surface area is 221 Å². The highest BCUT2D eigenvalue weighted by atomic mass is 16.6. The molecule has 1 fully saturated rings. The number of phenols is 1. The molecule has 0 aliphatic heterocycles. The Bertz CT molecular complexity index is 1220. The van der Waals surface area contributed by atoms with Gasteiger partial charge in [-0.15, -0.1) is 0 Å². The third-order valence-corrected chi connectivity index (χ3v) is 6.55. The van der Waals surface area contributed by atoms with E-state index < -0.39 is 12.1 Å². The zero-order chi connectivity index (χ0) is 26.7. The molecular formula is C30H31NO7. The first-order valence-corrected chi connectivity index (χ1v) is 12.7. The molecule has 0 unspecified atom stereocenters. The van der Waals surface area contributed by atoms with Crippen LogP contribution in [0.4, 0.5) is 4.79 Å². The van der Waals surface area contributed by atoms with Gasteiger partial charge in [0, 0.05) is 6.54 Å². The fraction of sp³-hybridized carbons (Fsp3) is 0.300. The van der Waals surface area contributed by atoms with Crippen molar-refractivity contribution in [1.29, 1.82) is 0 Å². The van der Waals surface area contributed by atoms with Gasteiger partial charge in [-0.3, -0.25) is 4.79 Å². The largest absolute Gasteiger partial charge is 0.507 e. The lowest BCUT2D eigenvalue weighted by Crippen LogP contribution is -2.33. The zero-order valence-electron chi connectivity index (χ0n) is 21.0. The smallest absolute Gasteiger partial charge is 0.407 e. The monoisotopic (exact) mass is 517 g/mol. The van der Waals surface area contributed by atoms with E-state index in [1.165, 1.54) is 18.2 Å². The van der Waals surface area contributed by atoms with Crippen molar-refractivity contribution in [1.82, 2.24) is 5.32 Å². The van der Waals surface area contributed by atoms with Crippen molar-refractivity contribution in [2.75, 3.05) is 6.54 Å². The number of benzene rings is 3. The maximum Gasteiger partial charge on any atom is 0.407 e. The van der Waals surface area contributed by atoms with E-state index in [4.69, 9.17) is 14.2 Å². The summed E-state index contributed by atoms with van der Waals surface area (Å²) in [5.74, 6) is -1.20. The molecule has 8 heteroatoms. The Kier molecular flexibility index (Phi) is 9.34. The van der Waals surface area contributed by atoms with Crippen LogP contribution in [0.25, 0.3) is 0 Å². The van der Waals surface area contributed by atoms with Crippen LogP contribution in [0.2, 0.25) is 0 Å². The summed E-state index contributed by atoms with van der Waals surface area (Å²) in [6, 6.07) is 22.7. The first-order chi connectivity index (χ1) is 18.5. The molecule has 198 valence electrons. The SMILES string of the molecule is O=C(NC[C@H]1CC[C@H](C(=O)Oc2ccc(O)c(C(=O)OCc3ccccc3)c2)CC1)OCc1ccccc1. The van der Waals surface area contributed by atoms with Gasteiger partial charge in [0.05, 0.1) is 5.92 Å². The van der Waals surface area contributed by atoms with E-state index in [-0.39, 0.29) is 48.1 Å². The molecule has 2 N–H and O–H groups in total. The van der Waals surface area contributed by atoms with E-state index in [1.54, 1.807) is 0 Å². The molecule has 0 saturated heterocycles.